The van der Waals surface area contributed by atoms with Gasteiger partial charge in [0.2, 0.25) is 0 Å². The molecule has 1 aliphatic carbocycles. The third-order valence-electron chi connectivity index (χ3n) is 6.02. The number of hydrogen-bond acceptors (Lipinski definition) is 1. The Labute approximate surface area is 170 Å². The molecule has 1 aromatic rings. The van der Waals surface area contributed by atoms with E-state index < -0.39 is 11.7 Å². The van der Waals surface area contributed by atoms with Gasteiger partial charge in [-0.25, -0.2) is 8.78 Å². The Morgan fingerprint density at radius 2 is 1.64 bits per heavy atom. The summed E-state index contributed by atoms with van der Waals surface area (Å²) in [5, 5.41) is 0. The maximum Gasteiger partial charge on any atom is 0.162 e. The van der Waals surface area contributed by atoms with Gasteiger partial charge in [0, 0.05) is 11.5 Å². The van der Waals surface area contributed by atoms with Gasteiger partial charge in [-0.05, 0) is 75.6 Å². The van der Waals surface area contributed by atoms with Crippen molar-refractivity contribution >= 4 is 5.83 Å². The Morgan fingerprint density at radius 3 is 2.25 bits per heavy atom. The highest BCUT2D eigenvalue weighted by Gasteiger charge is 2.26. The van der Waals surface area contributed by atoms with E-state index in [1.165, 1.54) is 32.1 Å². The van der Waals surface area contributed by atoms with E-state index in [1.54, 1.807) is 24.3 Å². The Morgan fingerprint density at radius 1 is 0.964 bits per heavy atom. The molecule has 0 aliphatic heterocycles. The minimum Gasteiger partial charge on any atom is -0.491 e. The van der Waals surface area contributed by atoms with Gasteiger partial charge in [-0.1, -0.05) is 46.0 Å². The highest BCUT2D eigenvalue weighted by molar-refractivity contribution is 5.62. The average molecular weight is 393 g/mol. The van der Waals surface area contributed by atoms with Gasteiger partial charge in [0.25, 0.3) is 0 Å². The van der Waals surface area contributed by atoms with Crippen LogP contribution in [0.5, 0.6) is 5.75 Å². The van der Waals surface area contributed by atoms with E-state index in [-0.39, 0.29) is 12.0 Å². The number of allylic oxidation sites excluding steroid dienone is 1. The molecule has 1 aromatic carbocycles. The summed E-state index contributed by atoms with van der Waals surface area (Å²) in [4.78, 5) is 0. The number of ether oxygens (including phenoxy) is 1. The number of benzene rings is 1. The van der Waals surface area contributed by atoms with Crippen LogP contribution in [0.3, 0.4) is 0 Å². The molecule has 1 fully saturated rings. The summed E-state index contributed by atoms with van der Waals surface area (Å²) in [6.45, 7) is 6.46. The first-order valence-electron chi connectivity index (χ1n) is 11.4. The summed E-state index contributed by atoms with van der Waals surface area (Å²) in [5.74, 6) is -0.101. The van der Waals surface area contributed by atoms with Gasteiger partial charge >= 0.3 is 0 Å². The Balaban J connectivity index is 1.88. The summed E-state index contributed by atoms with van der Waals surface area (Å²) in [6.07, 6.45) is 12.0. The van der Waals surface area contributed by atoms with Crippen molar-refractivity contribution in [3.63, 3.8) is 0 Å². The van der Waals surface area contributed by atoms with Crippen molar-refractivity contribution in [3.05, 3.63) is 35.7 Å². The zero-order valence-electron chi connectivity index (χ0n) is 18.0. The lowest BCUT2D eigenvalue weighted by atomic mass is 9.79. The topological polar surface area (TPSA) is 9.23 Å². The van der Waals surface area contributed by atoms with Gasteiger partial charge in [-0.3, -0.25) is 0 Å². The summed E-state index contributed by atoms with van der Waals surface area (Å²) in [7, 11) is 0. The smallest absolute Gasteiger partial charge is 0.162 e. The summed E-state index contributed by atoms with van der Waals surface area (Å²) >= 11 is 0. The number of rotatable bonds is 11. The second-order valence-corrected chi connectivity index (χ2v) is 8.47. The fraction of sp³-hybridized carbons (Fsp3) is 0.680. The molecule has 0 bridgehead atoms. The van der Waals surface area contributed by atoms with Gasteiger partial charge in [0.05, 0.1) is 6.10 Å². The van der Waals surface area contributed by atoms with Crippen molar-refractivity contribution in [2.75, 3.05) is 0 Å². The second kappa shape index (κ2) is 12.2. The van der Waals surface area contributed by atoms with E-state index >= 15 is 0 Å². The molecule has 0 radical (unpaired) electrons. The standard InChI is InChI=1S/C25H38F2O/c1-4-6-7-8-10-19(3)28-23-17-15-22(16-18-23)25(27)24(26)21-13-11-20(9-5-2)12-14-21/h15-21H,4-14H2,1-3H3/t19-,20?,21?/m0/s1. The van der Waals surface area contributed by atoms with Crippen molar-refractivity contribution in [1.29, 1.82) is 0 Å². The molecule has 2 rings (SSSR count). The first-order valence-corrected chi connectivity index (χ1v) is 11.4. The summed E-state index contributed by atoms with van der Waals surface area (Å²) < 4.78 is 35.2. The molecule has 0 spiro atoms. The van der Waals surface area contributed by atoms with Crippen molar-refractivity contribution in [2.24, 2.45) is 11.8 Å². The number of unbranched alkanes of at least 4 members (excludes halogenated alkanes) is 3. The summed E-state index contributed by atoms with van der Waals surface area (Å²) in [6, 6.07) is 6.78. The molecule has 0 unspecified atom stereocenters. The van der Waals surface area contributed by atoms with Crippen molar-refractivity contribution in [1.82, 2.24) is 0 Å². The monoisotopic (exact) mass is 392 g/mol. The molecule has 0 N–H and O–H groups in total. The fourth-order valence-corrected chi connectivity index (χ4v) is 4.26. The van der Waals surface area contributed by atoms with Crippen LogP contribution in [-0.4, -0.2) is 6.10 Å². The molecule has 158 valence electrons. The molecule has 1 aliphatic rings. The van der Waals surface area contributed by atoms with Crippen LogP contribution in [0.1, 0.15) is 97.0 Å². The zero-order chi connectivity index (χ0) is 20.4. The minimum absolute atomic E-state index is 0.137. The maximum atomic E-state index is 14.7. The molecule has 1 saturated carbocycles. The lowest BCUT2D eigenvalue weighted by Gasteiger charge is -2.27. The van der Waals surface area contributed by atoms with E-state index in [1.807, 2.05) is 0 Å². The van der Waals surface area contributed by atoms with Crippen LogP contribution in [0.25, 0.3) is 5.83 Å². The highest BCUT2D eigenvalue weighted by Crippen LogP contribution is 2.39. The van der Waals surface area contributed by atoms with Gasteiger partial charge in [0.15, 0.2) is 5.83 Å². The molecule has 1 atom stereocenters. The lowest BCUT2D eigenvalue weighted by Crippen LogP contribution is -2.15. The molecule has 0 amide bonds. The van der Waals surface area contributed by atoms with Crippen LogP contribution in [-0.2, 0) is 0 Å². The molecule has 0 aromatic heterocycles. The van der Waals surface area contributed by atoms with Crippen molar-refractivity contribution in [2.45, 2.75) is 97.5 Å². The largest absolute Gasteiger partial charge is 0.491 e. The first kappa shape index (κ1) is 22.9. The Bertz CT molecular complexity index is 585. The number of hydrogen-bond donors (Lipinski definition) is 0. The van der Waals surface area contributed by atoms with Crippen molar-refractivity contribution in [3.8, 4) is 5.75 Å². The number of halogens is 2. The van der Waals surface area contributed by atoms with E-state index in [0.29, 0.717) is 11.5 Å². The third kappa shape index (κ3) is 7.22. The van der Waals surface area contributed by atoms with E-state index in [9.17, 15) is 8.78 Å². The Hall–Kier alpha value is -1.38. The van der Waals surface area contributed by atoms with Crippen molar-refractivity contribution < 1.29 is 13.5 Å². The van der Waals surface area contributed by atoms with E-state index in [2.05, 4.69) is 20.8 Å². The molecular formula is C25H38F2O. The van der Waals surface area contributed by atoms with E-state index in [0.717, 1.165) is 44.3 Å². The second-order valence-electron chi connectivity index (χ2n) is 8.47. The first-order chi connectivity index (χ1) is 13.5. The van der Waals surface area contributed by atoms with Crippen LogP contribution in [0.4, 0.5) is 8.78 Å². The summed E-state index contributed by atoms with van der Waals surface area (Å²) in [5.41, 5.74) is 0.316. The molecule has 0 heterocycles. The minimum atomic E-state index is -0.696. The van der Waals surface area contributed by atoms with Crippen LogP contribution >= 0.6 is 0 Å². The van der Waals surface area contributed by atoms with Crippen LogP contribution in [0.2, 0.25) is 0 Å². The Kier molecular flexibility index (Phi) is 10.0. The predicted octanol–water partition coefficient (Wildman–Crippen LogP) is 8.64. The molecule has 28 heavy (non-hydrogen) atoms. The van der Waals surface area contributed by atoms with Crippen LogP contribution in [0.15, 0.2) is 30.1 Å². The van der Waals surface area contributed by atoms with Gasteiger partial charge in [-0.15, -0.1) is 0 Å². The van der Waals surface area contributed by atoms with Gasteiger partial charge in [-0.2, -0.15) is 0 Å². The lowest BCUT2D eigenvalue weighted by molar-refractivity contribution is 0.206. The van der Waals surface area contributed by atoms with Gasteiger partial charge < -0.3 is 4.74 Å². The fourth-order valence-electron chi connectivity index (χ4n) is 4.26. The molecule has 1 nitrogen and oxygen atoms in total. The van der Waals surface area contributed by atoms with Crippen LogP contribution in [0, 0.1) is 11.8 Å². The molecule has 0 saturated heterocycles. The molecular weight excluding hydrogens is 354 g/mol. The highest BCUT2D eigenvalue weighted by atomic mass is 19.2. The third-order valence-corrected chi connectivity index (χ3v) is 6.02. The predicted molar refractivity (Wildman–Crippen MR) is 115 cm³/mol. The molecule has 3 heteroatoms. The normalized spacial score (nSPS) is 21.9. The SMILES string of the molecule is CCCCCC[C@H](C)Oc1ccc(C(F)=C(F)C2CCC(CCC)CC2)cc1. The maximum absolute atomic E-state index is 14.7. The zero-order valence-corrected chi connectivity index (χ0v) is 18.0. The average Bonchev–Trinajstić information content (AvgIpc) is 2.71. The quantitative estimate of drug-likeness (QED) is 0.342. The van der Waals surface area contributed by atoms with Crippen LogP contribution < -0.4 is 4.74 Å². The van der Waals surface area contributed by atoms with Gasteiger partial charge in [0.1, 0.15) is 11.6 Å². The van der Waals surface area contributed by atoms with E-state index in [4.69, 9.17) is 4.74 Å².